The molecule has 20 heavy (non-hydrogen) atoms. The number of nitrogens with zero attached hydrogens (tertiary/aromatic N) is 1. The van der Waals surface area contributed by atoms with Crippen LogP contribution in [0.5, 0.6) is 5.75 Å². The molecule has 0 aliphatic heterocycles. The van der Waals surface area contributed by atoms with Gasteiger partial charge in [-0.25, -0.2) is 4.98 Å². The van der Waals surface area contributed by atoms with Crippen molar-refractivity contribution < 1.29 is 9.53 Å². The third-order valence-corrected chi connectivity index (χ3v) is 4.53. The summed E-state index contributed by atoms with van der Waals surface area (Å²) < 4.78 is 5.11. The maximum Gasteiger partial charge on any atom is 0.239 e. The summed E-state index contributed by atoms with van der Waals surface area (Å²) in [5.41, 5.74) is 0. The van der Waals surface area contributed by atoms with E-state index < -0.39 is 0 Å². The van der Waals surface area contributed by atoms with Crippen LogP contribution >= 0.6 is 23.1 Å². The molecule has 0 spiro atoms. The van der Waals surface area contributed by atoms with E-state index in [9.17, 15) is 4.79 Å². The van der Waals surface area contributed by atoms with Crippen molar-refractivity contribution >= 4 is 34.1 Å². The Balaban J connectivity index is 1.92. The van der Waals surface area contributed by atoms with Crippen LogP contribution in [0, 0.1) is 6.92 Å². The van der Waals surface area contributed by atoms with Gasteiger partial charge in [-0.3, -0.25) is 4.79 Å². The number of carbonyl (C=O) groups is 1. The summed E-state index contributed by atoms with van der Waals surface area (Å²) in [4.78, 5) is 18.3. The largest absolute Gasteiger partial charge is 0.497 e. The van der Waals surface area contributed by atoms with Crippen LogP contribution in [0.2, 0.25) is 0 Å². The first kappa shape index (κ1) is 14.9. The topological polar surface area (TPSA) is 51.2 Å². The maximum atomic E-state index is 12.1. The van der Waals surface area contributed by atoms with E-state index in [1.807, 2.05) is 38.1 Å². The Kier molecular flexibility index (Phi) is 5.03. The van der Waals surface area contributed by atoms with Crippen LogP contribution in [0.1, 0.15) is 11.8 Å². The minimum Gasteiger partial charge on any atom is -0.497 e. The predicted octanol–water partition coefficient (Wildman–Crippen LogP) is 3.58. The summed E-state index contributed by atoms with van der Waals surface area (Å²) in [5, 5.41) is 3.29. The summed E-state index contributed by atoms with van der Waals surface area (Å²) in [7, 11) is 1.63. The van der Waals surface area contributed by atoms with E-state index in [2.05, 4.69) is 10.3 Å². The van der Waals surface area contributed by atoms with Crippen LogP contribution in [-0.4, -0.2) is 23.3 Å². The van der Waals surface area contributed by atoms with Gasteiger partial charge in [0.05, 0.1) is 12.4 Å². The molecule has 1 aromatic carbocycles. The zero-order valence-electron chi connectivity index (χ0n) is 11.5. The van der Waals surface area contributed by atoms with E-state index in [0.29, 0.717) is 5.13 Å². The molecule has 2 aromatic rings. The first-order chi connectivity index (χ1) is 9.58. The van der Waals surface area contributed by atoms with Gasteiger partial charge in [-0.05, 0) is 38.1 Å². The zero-order valence-corrected chi connectivity index (χ0v) is 13.2. The fourth-order valence-electron chi connectivity index (χ4n) is 1.53. The number of nitrogens with one attached hydrogen (secondary N) is 1. The number of aryl methyl sites for hydroxylation is 1. The van der Waals surface area contributed by atoms with Gasteiger partial charge < -0.3 is 10.1 Å². The minimum atomic E-state index is -0.187. The van der Waals surface area contributed by atoms with Gasteiger partial charge in [-0.15, -0.1) is 23.1 Å². The highest BCUT2D eigenvalue weighted by atomic mass is 32.2. The Morgan fingerprint density at radius 2 is 2.10 bits per heavy atom. The molecule has 4 nitrogen and oxygen atoms in total. The van der Waals surface area contributed by atoms with Crippen LogP contribution < -0.4 is 10.1 Å². The highest BCUT2D eigenvalue weighted by molar-refractivity contribution is 8.00. The van der Waals surface area contributed by atoms with E-state index >= 15 is 0 Å². The number of hydrogen-bond acceptors (Lipinski definition) is 5. The number of carbonyl (C=O) groups excluding carboxylic acids is 1. The molecule has 2 rings (SSSR count). The Labute approximate surface area is 126 Å². The van der Waals surface area contributed by atoms with Crippen LogP contribution in [0.25, 0.3) is 0 Å². The summed E-state index contributed by atoms with van der Waals surface area (Å²) in [6, 6.07) is 7.66. The normalized spacial score (nSPS) is 11.9. The number of anilines is 1. The van der Waals surface area contributed by atoms with Gasteiger partial charge >= 0.3 is 0 Å². The van der Waals surface area contributed by atoms with Crippen molar-refractivity contribution in [2.75, 3.05) is 12.4 Å². The van der Waals surface area contributed by atoms with Crippen molar-refractivity contribution in [3.63, 3.8) is 0 Å². The molecule has 0 aliphatic carbocycles. The first-order valence-corrected chi connectivity index (χ1v) is 7.82. The maximum absolute atomic E-state index is 12.1. The van der Waals surface area contributed by atoms with Gasteiger partial charge in [0.2, 0.25) is 5.91 Å². The summed E-state index contributed by atoms with van der Waals surface area (Å²) in [5.74, 6) is 0.768. The van der Waals surface area contributed by atoms with Crippen LogP contribution in [0.4, 0.5) is 5.13 Å². The van der Waals surface area contributed by atoms with E-state index in [1.165, 1.54) is 23.1 Å². The molecule has 0 bridgehead atoms. The minimum absolute atomic E-state index is 0.0415. The number of methoxy groups -OCH3 is 1. The standard InChI is InChI=1S/C14H16N2O2S2/c1-9-8-15-14(19-9)16-13(17)10(2)20-12-6-4-11(18-3)5-7-12/h4-8,10H,1-3H3,(H,15,16,17). The van der Waals surface area contributed by atoms with Crippen molar-refractivity contribution in [2.24, 2.45) is 0 Å². The smallest absolute Gasteiger partial charge is 0.239 e. The van der Waals surface area contributed by atoms with Crippen molar-refractivity contribution in [2.45, 2.75) is 24.0 Å². The average molecular weight is 308 g/mol. The monoisotopic (exact) mass is 308 g/mol. The average Bonchev–Trinajstić information content (AvgIpc) is 2.85. The number of thioether (sulfide) groups is 1. The quantitative estimate of drug-likeness (QED) is 0.858. The molecule has 6 heteroatoms. The second-order valence-electron chi connectivity index (χ2n) is 4.20. The van der Waals surface area contributed by atoms with Crippen molar-refractivity contribution in [1.29, 1.82) is 0 Å². The number of thiazole rings is 1. The van der Waals surface area contributed by atoms with Gasteiger partial charge in [0, 0.05) is 16.0 Å². The Morgan fingerprint density at radius 1 is 1.40 bits per heavy atom. The van der Waals surface area contributed by atoms with Gasteiger partial charge in [0.1, 0.15) is 5.75 Å². The predicted molar refractivity (Wildman–Crippen MR) is 83.8 cm³/mol. The molecular weight excluding hydrogens is 292 g/mol. The van der Waals surface area contributed by atoms with Gasteiger partial charge in [0.15, 0.2) is 5.13 Å². The van der Waals surface area contributed by atoms with E-state index in [1.54, 1.807) is 13.3 Å². The highest BCUT2D eigenvalue weighted by Gasteiger charge is 2.15. The van der Waals surface area contributed by atoms with Crippen molar-refractivity contribution in [1.82, 2.24) is 4.98 Å². The third-order valence-electron chi connectivity index (χ3n) is 2.59. The summed E-state index contributed by atoms with van der Waals surface area (Å²) >= 11 is 2.98. The number of benzene rings is 1. The van der Waals surface area contributed by atoms with Crippen LogP contribution in [-0.2, 0) is 4.79 Å². The summed E-state index contributed by atoms with van der Waals surface area (Å²) in [6.45, 7) is 3.84. The molecule has 0 saturated heterocycles. The molecule has 1 aromatic heterocycles. The molecule has 0 radical (unpaired) electrons. The molecule has 0 saturated carbocycles. The number of hydrogen-bond donors (Lipinski definition) is 1. The van der Waals surface area contributed by atoms with Gasteiger partial charge in [0.25, 0.3) is 0 Å². The van der Waals surface area contributed by atoms with Crippen molar-refractivity contribution in [3.8, 4) is 5.75 Å². The lowest BCUT2D eigenvalue weighted by atomic mass is 10.3. The second kappa shape index (κ2) is 6.76. The lowest BCUT2D eigenvalue weighted by molar-refractivity contribution is -0.115. The van der Waals surface area contributed by atoms with Crippen LogP contribution in [0.3, 0.4) is 0 Å². The molecular formula is C14H16N2O2S2. The number of amides is 1. The van der Waals surface area contributed by atoms with Crippen molar-refractivity contribution in [3.05, 3.63) is 35.3 Å². The molecule has 1 amide bonds. The van der Waals surface area contributed by atoms with Gasteiger partial charge in [-0.1, -0.05) is 0 Å². The third kappa shape index (κ3) is 3.98. The molecule has 0 fully saturated rings. The lowest BCUT2D eigenvalue weighted by Crippen LogP contribution is -2.22. The van der Waals surface area contributed by atoms with E-state index in [4.69, 9.17) is 4.74 Å². The molecule has 1 heterocycles. The molecule has 0 aliphatic rings. The Hall–Kier alpha value is -1.53. The highest BCUT2D eigenvalue weighted by Crippen LogP contribution is 2.26. The van der Waals surface area contributed by atoms with Crippen LogP contribution in [0.15, 0.2) is 35.4 Å². The number of aromatic nitrogens is 1. The fourth-order valence-corrected chi connectivity index (χ4v) is 3.07. The fraction of sp³-hybridized carbons (Fsp3) is 0.286. The molecule has 1 atom stereocenters. The lowest BCUT2D eigenvalue weighted by Gasteiger charge is -2.10. The summed E-state index contributed by atoms with van der Waals surface area (Å²) in [6.07, 6.45) is 1.75. The molecule has 1 N–H and O–H groups in total. The first-order valence-electron chi connectivity index (χ1n) is 6.12. The molecule has 106 valence electrons. The van der Waals surface area contributed by atoms with E-state index in [-0.39, 0.29) is 11.2 Å². The van der Waals surface area contributed by atoms with Gasteiger partial charge in [-0.2, -0.15) is 0 Å². The number of ether oxygens (including phenoxy) is 1. The SMILES string of the molecule is COc1ccc(SC(C)C(=O)Nc2ncc(C)s2)cc1. The van der Waals surface area contributed by atoms with E-state index in [0.717, 1.165) is 15.5 Å². The number of rotatable bonds is 5. The second-order valence-corrected chi connectivity index (χ2v) is 6.85. The Bertz CT molecular complexity index is 581. The zero-order chi connectivity index (χ0) is 14.5. The Morgan fingerprint density at radius 3 is 2.65 bits per heavy atom. The molecule has 1 unspecified atom stereocenters.